The molecule has 0 radical (unpaired) electrons. The van der Waals surface area contributed by atoms with Gasteiger partial charge in [-0.15, -0.1) is 24.0 Å². The van der Waals surface area contributed by atoms with Crippen molar-refractivity contribution in [2.24, 2.45) is 4.99 Å². The van der Waals surface area contributed by atoms with E-state index in [2.05, 4.69) is 27.5 Å². The highest BCUT2D eigenvalue weighted by Crippen LogP contribution is 2.31. The lowest BCUT2D eigenvalue weighted by atomic mass is 10.2. The maximum Gasteiger partial charge on any atom is 0.224 e. The SMILES string of the molecule is CCCOc1ccccc1Oc1ncccc1CNC(=NC)NCCOCC.I. The highest BCUT2D eigenvalue weighted by atomic mass is 127. The molecule has 0 amide bonds. The van der Waals surface area contributed by atoms with E-state index in [1.165, 1.54) is 0 Å². The molecule has 1 heterocycles. The van der Waals surface area contributed by atoms with Gasteiger partial charge in [-0.25, -0.2) is 4.98 Å². The van der Waals surface area contributed by atoms with Crippen LogP contribution in [0.15, 0.2) is 47.6 Å². The van der Waals surface area contributed by atoms with Gasteiger partial charge in [0.2, 0.25) is 5.88 Å². The zero-order chi connectivity index (χ0) is 20.0. The molecule has 1 aromatic carbocycles. The van der Waals surface area contributed by atoms with Gasteiger partial charge in [0.1, 0.15) is 0 Å². The molecular weight excluding hydrogens is 483 g/mol. The van der Waals surface area contributed by atoms with Crippen molar-refractivity contribution < 1.29 is 14.2 Å². The summed E-state index contributed by atoms with van der Waals surface area (Å²) in [4.78, 5) is 8.61. The Morgan fingerprint density at radius 1 is 1.03 bits per heavy atom. The Bertz CT molecular complexity index is 743. The molecular formula is C21H31IN4O3. The number of pyridine rings is 1. The van der Waals surface area contributed by atoms with Crippen LogP contribution in [0.4, 0.5) is 0 Å². The maximum atomic E-state index is 6.06. The molecule has 2 aromatic rings. The van der Waals surface area contributed by atoms with Crippen molar-refractivity contribution in [3.05, 3.63) is 48.2 Å². The predicted octanol–water partition coefficient (Wildman–Crippen LogP) is 3.98. The van der Waals surface area contributed by atoms with Gasteiger partial charge in [-0.2, -0.15) is 0 Å². The van der Waals surface area contributed by atoms with Crippen molar-refractivity contribution in [1.29, 1.82) is 0 Å². The van der Waals surface area contributed by atoms with Crippen molar-refractivity contribution in [1.82, 2.24) is 15.6 Å². The lowest BCUT2D eigenvalue weighted by molar-refractivity contribution is 0.152. The molecule has 0 unspecified atom stereocenters. The van der Waals surface area contributed by atoms with Crippen LogP contribution in [0.2, 0.25) is 0 Å². The number of guanidine groups is 1. The summed E-state index contributed by atoms with van der Waals surface area (Å²) in [7, 11) is 1.73. The third kappa shape index (κ3) is 8.86. The standard InChI is InChI=1S/C21H30N4O3.HI/c1-4-14-27-18-10-6-7-11-19(18)28-20-17(9-8-12-23-20)16-25-21(22-3)24-13-15-26-5-2;/h6-12H,4-5,13-16H2,1-3H3,(H2,22,24,25);1H. The molecule has 1 aromatic heterocycles. The average Bonchev–Trinajstić information content (AvgIpc) is 2.73. The second kappa shape index (κ2) is 14.9. The topological polar surface area (TPSA) is 77.0 Å². The van der Waals surface area contributed by atoms with Gasteiger partial charge in [-0.1, -0.05) is 25.1 Å². The summed E-state index contributed by atoms with van der Waals surface area (Å²) in [5.74, 6) is 2.59. The number of halogens is 1. The fourth-order valence-electron chi connectivity index (χ4n) is 2.41. The third-order valence-corrected chi connectivity index (χ3v) is 3.78. The molecule has 0 aliphatic rings. The molecule has 7 nitrogen and oxygen atoms in total. The summed E-state index contributed by atoms with van der Waals surface area (Å²) in [6, 6.07) is 11.5. The molecule has 29 heavy (non-hydrogen) atoms. The number of nitrogens with zero attached hydrogens (tertiary/aromatic N) is 2. The smallest absolute Gasteiger partial charge is 0.224 e. The zero-order valence-corrected chi connectivity index (χ0v) is 19.6. The van der Waals surface area contributed by atoms with E-state index in [4.69, 9.17) is 14.2 Å². The van der Waals surface area contributed by atoms with Gasteiger partial charge in [0.25, 0.3) is 0 Å². The first-order valence-electron chi connectivity index (χ1n) is 9.64. The molecule has 2 N–H and O–H groups in total. The Hall–Kier alpha value is -2.07. The quantitative estimate of drug-likeness (QED) is 0.205. The predicted molar refractivity (Wildman–Crippen MR) is 127 cm³/mol. The van der Waals surface area contributed by atoms with Gasteiger partial charge in [0.15, 0.2) is 17.5 Å². The lowest BCUT2D eigenvalue weighted by Gasteiger charge is -2.15. The minimum Gasteiger partial charge on any atom is -0.490 e. The summed E-state index contributed by atoms with van der Waals surface area (Å²) in [5, 5.41) is 6.48. The van der Waals surface area contributed by atoms with Crippen LogP contribution in [0.25, 0.3) is 0 Å². The van der Waals surface area contributed by atoms with Gasteiger partial charge in [0, 0.05) is 38.5 Å². The monoisotopic (exact) mass is 514 g/mol. The lowest BCUT2D eigenvalue weighted by Crippen LogP contribution is -2.38. The van der Waals surface area contributed by atoms with E-state index in [0.717, 1.165) is 12.0 Å². The molecule has 0 fully saturated rings. The molecule has 0 saturated carbocycles. The Morgan fingerprint density at radius 3 is 2.55 bits per heavy atom. The summed E-state index contributed by atoms with van der Waals surface area (Å²) in [6.45, 7) is 7.23. The number of rotatable bonds is 11. The Morgan fingerprint density at radius 2 is 1.83 bits per heavy atom. The molecule has 0 saturated heterocycles. The number of para-hydroxylation sites is 2. The Kier molecular flexibility index (Phi) is 12.8. The van der Waals surface area contributed by atoms with Crippen molar-refractivity contribution in [3.63, 3.8) is 0 Å². The zero-order valence-electron chi connectivity index (χ0n) is 17.3. The maximum absolute atomic E-state index is 6.06. The first-order valence-corrected chi connectivity index (χ1v) is 9.64. The molecule has 0 aliphatic heterocycles. The number of hydrogen-bond acceptors (Lipinski definition) is 5. The first-order chi connectivity index (χ1) is 13.8. The van der Waals surface area contributed by atoms with Crippen molar-refractivity contribution in [2.45, 2.75) is 26.8 Å². The first kappa shape index (κ1) is 25.0. The highest BCUT2D eigenvalue weighted by molar-refractivity contribution is 14.0. The second-order valence-electron chi connectivity index (χ2n) is 5.91. The fourth-order valence-corrected chi connectivity index (χ4v) is 2.41. The minimum atomic E-state index is 0. The fraction of sp³-hybridized carbons (Fsp3) is 0.429. The Labute approximate surface area is 190 Å². The van der Waals surface area contributed by atoms with Crippen LogP contribution >= 0.6 is 24.0 Å². The molecule has 0 bridgehead atoms. The van der Waals surface area contributed by atoms with Crippen molar-refractivity contribution >= 4 is 29.9 Å². The van der Waals surface area contributed by atoms with Gasteiger partial charge < -0.3 is 24.8 Å². The van der Waals surface area contributed by atoms with E-state index in [-0.39, 0.29) is 24.0 Å². The van der Waals surface area contributed by atoms with Gasteiger partial charge in [0.05, 0.1) is 13.2 Å². The Balaban J connectivity index is 0.00000420. The van der Waals surface area contributed by atoms with E-state index < -0.39 is 0 Å². The van der Waals surface area contributed by atoms with E-state index in [0.29, 0.717) is 56.2 Å². The van der Waals surface area contributed by atoms with Crippen molar-refractivity contribution in [3.8, 4) is 17.4 Å². The van der Waals surface area contributed by atoms with Crippen LogP contribution in [0.1, 0.15) is 25.8 Å². The van der Waals surface area contributed by atoms with Crippen LogP contribution in [0, 0.1) is 0 Å². The van der Waals surface area contributed by atoms with Crippen LogP contribution in [-0.2, 0) is 11.3 Å². The molecule has 0 spiro atoms. The summed E-state index contributed by atoms with van der Waals surface area (Å²) in [6.07, 6.45) is 2.64. The third-order valence-electron chi connectivity index (χ3n) is 3.78. The van der Waals surface area contributed by atoms with Crippen LogP contribution in [0.5, 0.6) is 17.4 Å². The van der Waals surface area contributed by atoms with E-state index in [1.54, 1.807) is 13.2 Å². The minimum absolute atomic E-state index is 0. The van der Waals surface area contributed by atoms with Crippen molar-refractivity contribution in [2.75, 3.05) is 33.4 Å². The normalized spacial score (nSPS) is 10.8. The van der Waals surface area contributed by atoms with Gasteiger partial charge >= 0.3 is 0 Å². The molecule has 2 rings (SSSR count). The highest BCUT2D eigenvalue weighted by Gasteiger charge is 2.11. The second-order valence-corrected chi connectivity index (χ2v) is 5.91. The van der Waals surface area contributed by atoms with Crippen LogP contribution < -0.4 is 20.1 Å². The molecule has 8 heteroatoms. The van der Waals surface area contributed by atoms with E-state index in [9.17, 15) is 0 Å². The molecule has 160 valence electrons. The van der Waals surface area contributed by atoms with E-state index >= 15 is 0 Å². The number of hydrogen-bond donors (Lipinski definition) is 2. The van der Waals surface area contributed by atoms with Crippen LogP contribution in [0.3, 0.4) is 0 Å². The van der Waals surface area contributed by atoms with Crippen LogP contribution in [-0.4, -0.2) is 44.4 Å². The number of ether oxygens (including phenoxy) is 3. The van der Waals surface area contributed by atoms with E-state index in [1.807, 2.05) is 43.3 Å². The van der Waals surface area contributed by atoms with Gasteiger partial charge in [-0.05, 0) is 31.5 Å². The number of aliphatic imine (C=N–C) groups is 1. The summed E-state index contributed by atoms with van der Waals surface area (Å²) >= 11 is 0. The summed E-state index contributed by atoms with van der Waals surface area (Å²) < 4.78 is 17.2. The number of aromatic nitrogens is 1. The number of benzene rings is 1. The largest absolute Gasteiger partial charge is 0.490 e. The number of nitrogens with one attached hydrogen (secondary N) is 2. The average molecular weight is 514 g/mol. The molecule has 0 atom stereocenters. The van der Waals surface area contributed by atoms with Gasteiger partial charge in [-0.3, -0.25) is 4.99 Å². The summed E-state index contributed by atoms with van der Waals surface area (Å²) in [5.41, 5.74) is 0.917. The molecule has 0 aliphatic carbocycles.